The molecule has 3 heterocycles. The lowest BCUT2D eigenvalue weighted by Gasteiger charge is -2.30. The van der Waals surface area contributed by atoms with E-state index in [2.05, 4.69) is 47.4 Å². The number of allylic oxidation sites excluding steroid dienone is 2. The number of rotatable bonds is 30. The minimum atomic E-state index is -5.57. The second-order valence-corrected chi connectivity index (χ2v) is 20.6. The molecule has 63 heavy (non-hydrogen) atoms. The first-order valence-corrected chi connectivity index (χ1v) is 25.8. The minimum absolute atomic E-state index is 0.0155. The number of amides is 2. The molecule has 358 valence electrons. The van der Waals surface area contributed by atoms with Gasteiger partial charge in [-0.3, -0.25) is 32.5 Å². The maximum Gasteiger partial charge on any atom is 0.481 e. The summed E-state index contributed by atoms with van der Waals surface area (Å²) >= 11 is 1.12. The summed E-state index contributed by atoms with van der Waals surface area (Å²) in [7, 11) is -16.4. The zero-order chi connectivity index (χ0) is 46.8. The molecule has 2 unspecified atom stereocenters. The van der Waals surface area contributed by atoms with E-state index in [4.69, 9.17) is 19.5 Å². The van der Waals surface area contributed by atoms with Gasteiger partial charge in [0.15, 0.2) is 22.8 Å². The molecule has 0 radical (unpaired) electrons. The van der Waals surface area contributed by atoms with Gasteiger partial charge in [0.05, 0.1) is 19.5 Å². The normalized spacial score (nSPS) is 20.7. The molecule has 0 saturated carbocycles. The predicted molar refractivity (Wildman–Crippen MR) is 228 cm³/mol. The van der Waals surface area contributed by atoms with Crippen LogP contribution in [0.2, 0.25) is 0 Å². The van der Waals surface area contributed by atoms with E-state index in [1.165, 1.54) is 52.4 Å². The van der Waals surface area contributed by atoms with Crippen LogP contribution in [0.3, 0.4) is 0 Å². The van der Waals surface area contributed by atoms with Crippen LogP contribution in [0, 0.1) is 5.41 Å². The standard InChI is InChI=1S/C35H60N7O17P3S/c1-4-5-6-7-8-9-10-11-12-13-14-15-26(44)63-19-18-37-25(43)16-17-38-33(47)30(46)35(2,3)21-56-62(53,54)59-61(51,52)55-20-24-29(58-60(48,49)50)28(45)34(57-24)42-23-41-27-31(36)39-22-40-32(27)42/h12-13,22-24,28-30,34,45-46H,4-11,14-21H2,1-3H3,(H,37,43)(H,38,47)(H,51,52)(H,53,54)(H2,36,39,40)(H2,48,49,50)/b13-12-/t24-,28-,29-,30+,34-/m1/s1. The van der Waals surface area contributed by atoms with Crippen molar-refractivity contribution in [2.24, 2.45) is 5.41 Å². The van der Waals surface area contributed by atoms with Gasteiger partial charge in [-0.1, -0.05) is 83.2 Å². The highest BCUT2D eigenvalue weighted by molar-refractivity contribution is 8.13. The number of thioether (sulfide) groups is 1. The number of nitrogens with one attached hydrogen (secondary N) is 2. The number of nitrogens with two attached hydrogens (primary N) is 1. The Morgan fingerprint density at radius 2 is 1.62 bits per heavy atom. The van der Waals surface area contributed by atoms with Gasteiger partial charge in [-0.25, -0.2) is 28.6 Å². The number of hydrogen-bond donors (Lipinski definition) is 9. The summed E-state index contributed by atoms with van der Waals surface area (Å²) in [5.74, 6) is -1.06. The second kappa shape index (κ2) is 25.9. The first-order valence-electron chi connectivity index (χ1n) is 20.3. The van der Waals surface area contributed by atoms with Crippen LogP contribution in [-0.4, -0.2) is 123 Å². The van der Waals surface area contributed by atoms with Gasteiger partial charge < -0.3 is 50.9 Å². The summed E-state index contributed by atoms with van der Waals surface area (Å²) in [6.07, 6.45) is 8.04. The molecule has 3 rings (SSSR count). The molecule has 0 spiro atoms. The van der Waals surface area contributed by atoms with Crippen LogP contribution in [0.15, 0.2) is 24.8 Å². The Labute approximate surface area is 368 Å². The van der Waals surface area contributed by atoms with Gasteiger partial charge in [0.2, 0.25) is 11.8 Å². The number of phosphoric ester groups is 3. The molecule has 2 amide bonds. The Morgan fingerprint density at radius 1 is 0.952 bits per heavy atom. The van der Waals surface area contributed by atoms with Crippen molar-refractivity contribution in [3.8, 4) is 0 Å². The number of nitrogens with zero attached hydrogens (tertiary/aromatic N) is 4. The van der Waals surface area contributed by atoms with Crippen molar-refractivity contribution in [1.29, 1.82) is 0 Å². The summed E-state index contributed by atoms with van der Waals surface area (Å²) in [6, 6.07) is 0. The third kappa shape index (κ3) is 19.4. The van der Waals surface area contributed by atoms with Crippen LogP contribution < -0.4 is 16.4 Å². The molecule has 1 aliphatic heterocycles. The van der Waals surface area contributed by atoms with E-state index in [0.717, 1.165) is 41.8 Å². The van der Waals surface area contributed by atoms with Crippen molar-refractivity contribution in [3.05, 3.63) is 24.8 Å². The van der Waals surface area contributed by atoms with E-state index in [0.29, 0.717) is 18.6 Å². The quantitative estimate of drug-likeness (QED) is 0.0308. The molecular weight excluding hydrogens is 915 g/mol. The molecule has 24 nitrogen and oxygen atoms in total. The van der Waals surface area contributed by atoms with Crippen molar-refractivity contribution in [1.82, 2.24) is 30.2 Å². The van der Waals surface area contributed by atoms with Crippen molar-refractivity contribution >= 4 is 69.1 Å². The van der Waals surface area contributed by atoms with Gasteiger partial charge in [0.1, 0.15) is 36.3 Å². The van der Waals surface area contributed by atoms with Crippen molar-refractivity contribution in [2.45, 2.75) is 122 Å². The third-order valence-electron chi connectivity index (χ3n) is 9.42. The number of imidazole rings is 1. The lowest BCUT2D eigenvalue weighted by Crippen LogP contribution is -2.46. The largest absolute Gasteiger partial charge is 0.481 e. The number of unbranched alkanes of at least 4 members (excludes halogenated alkanes) is 7. The average molecular weight is 976 g/mol. The average Bonchev–Trinajstić information content (AvgIpc) is 3.76. The van der Waals surface area contributed by atoms with Crippen LogP contribution in [0.5, 0.6) is 0 Å². The number of nitrogen functional groups attached to an aromatic ring is 1. The molecule has 1 aliphatic rings. The first-order chi connectivity index (χ1) is 29.6. The summed E-state index contributed by atoms with van der Waals surface area (Å²) in [5.41, 5.74) is 4.28. The monoisotopic (exact) mass is 975 g/mol. The number of aromatic nitrogens is 4. The van der Waals surface area contributed by atoms with Crippen LogP contribution >= 0.6 is 35.2 Å². The fourth-order valence-electron chi connectivity index (χ4n) is 6.02. The van der Waals surface area contributed by atoms with E-state index >= 15 is 0 Å². The predicted octanol–water partition coefficient (Wildman–Crippen LogP) is 3.14. The minimum Gasteiger partial charge on any atom is -0.386 e. The fourth-order valence-corrected chi connectivity index (χ4v) is 9.55. The summed E-state index contributed by atoms with van der Waals surface area (Å²) in [4.78, 5) is 88.1. The number of aliphatic hydroxyl groups is 2. The number of phosphoric acid groups is 3. The smallest absolute Gasteiger partial charge is 0.386 e. The molecule has 28 heteroatoms. The zero-order valence-electron chi connectivity index (χ0n) is 35.3. The molecule has 0 bridgehead atoms. The topological polar surface area (TPSA) is 364 Å². The van der Waals surface area contributed by atoms with Gasteiger partial charge in [0, 0.05) is 37.1 Å². The lowest BCUT2D eigenvalue weighted by atomic mass is 9.87. The lowest BCUT2D eigenvalue weighted by molar-refractivity contribution is -0.137. The summed E-state index contributed by atoms with van der Waals surface area (Å²) < 4.78 is 62.3. The van der Waals surface area contributed by atoms with Crippen LogP contribution in [0.1, 0.15) is 97.6 Å². The molecule has 7 atom stereocenters. The molecular formula is C35H60N7O17P3S. The molecule has 2 aromatic rings. The Balaban J connectivity index is 1.36. The Hall–Kier alpha value is -2.70. The van der Waals surface area contributed by atoms with Crippen molar-refractivity contribution in [3.63, 3.8) is 0 Å². The van der Waals surface area contributed by atoms with E-state index in [9.17, 15) is 57.9 Å². The summed E-state index contributed by atoms with van der Waals surface area (Å²) in [5, 5.41) is 26.5. The van der Waals surface area contributed by atoms with Crippen LogP contribution in [0.4, 0.5) is 5.82 Å². The van der Waals surface area contributed by atoms with Crippen LogP contribution in [0.25, 0.3) is 11.2 Å². The number of carbonyl (C=O) groups is 3. The Bertz CT molecular complexity index is 1970. The number of fused-ring (bicyclic) bond motifs is 1. The fraction of sp³-hybridized carbons (Fsp3) is 0.714. The van der Waals surface area contributed by atoms with Crippen molar-refractivity contribution in [2.75, 3.05) is 37.8 Å². The van der Waals surface area contributed by atoms with Gasteiger partial charge in [0.25, 0.3) is 0 Å². The second-order valence-electron chi connectivity index (χ2n) is 15.2. The van der Waals surface area contributed by atoms with Gasteiger partial charge in [-0.2, -0.15) is 4.31 Å². The maximum absolute atomic E-state index is 12.7. The van der Waals surface area contributed by atoms with Gasteiger partial charge in [-0.15, -0.1) is 0 Å². The molecule has 0 aromatic carbocycles. The number of hydrogen-bond acceptors (Lipinski definition) is 18. The molecule has 2 aromatic heterocycles. The van der Waals surface area contributed by atoms with Gasteiger partial charge >= 0.3 is 23.5 Å². The Morgan fingerprint density at radius 3 is 2.32 bits per heavy atom. The number of ether oxygens (including phenoxy) is 1. The van der Waals surface area contributed by atoms with Gasteiger partial charge in [-0.05, 0) is 19.3 Å². The SMILES string of the molecule is CCCCCCCCC/C=C\CCC(=O)SCCNC(=O)CCNC(=O)[C@H](O)C(C)(C)COP(=O)(O)OP(=O)(O)OC[C@H]1O[C@@H](n2cnc3c(N)ncnc32)[C@H](O)[C@@H]1OP(=O)(O)O. The highest BCUT2D eigenvalue weighted by Crippen LogP contribution is 2.61. The molecule has 0 aliphatic carbocycles. The number of carbonyl (C=O) groups excluding carboxylic acids is 3. The third-order valence-corrected chi connectivity index (χ3v) is 13.5. The van der Waals surface area contributed by atoms with Crippen molar-refractivity contribution < 1.29 is 80.5 Å². The molecule has 1 fully saturated rings. The Kier molecular flexibility index (Phi) is 22.4. The highest BCUT2D eigenvalue weighted by atomic mass is 32.2. The number of aliphatic hydroxyl groups excluding tert-OH is 2. The zero-order valence-corrected chi connectivity index (χ0v) is 38.8. The molecule has 10 N–H and O–H groups in total. The maximum atomic E-state index is 12.7. The van der Waals surface area contributed by atoms with Crippen LogP contribution in [-0.2, 0) is 50.7 Å². The number of anilines is 1. The summed E-state index contributed by atoms with van der Waals surface area (Å²) in [6.45, 7) is 2.74. The van der Waals surface area contributed by atoms with E-state index < -0.39 is 84.6 Å². The van der Waals surface area contributed by atoms with E-state index in [-0.39, 0.29) is 41.6 Å². The first kappa shape index (κ1) is 54.6. The van der Waals surface area contributed by atoms with E-state index in [1.807, 2.05) is 6.08 Å². The highest BCUT2D eigenvalue weighted by Gasteiger charge is 2.50. The molecule has 1 saturated heterocycles. The van der Waals surface area contributed by atoms with E-state index in [1.54, 1.807) is 0 Å².